The third-order valence-corrected chi connectivity index (χ3v) is 2.36. The smallest absolute Gasteiger partial charge is 0.0166 e. The largest absolute Gasteiger partial charge is 0.154 e. The summed E-state index contributed by atoms with van der Waals surface area (Å²) in [6.45, 7) is 2.19. The number of thioether (sulfide) groups is 1. The van der Waals surface area contributed by atoms with Gasteiger partial charge in [0.05, 0.1) is 0 Å². The minimum Gasteiger partial charge on any atom is -0.154 e. The van der Waals surface area contributed by atoms with Gasteiger partial charge in [-0.1, -0.05) is 6.92 Å². The van der Waals surface area contributed by atoms with Gasteiger partial charge in [0.15, 0.2) is 0 Å². The van der Waals surface area contributed by atoms with Crippen molar-refractivity contribution in [3.8, 4) is 0 Å². The Hall–Kier alpha value is 0.350. The summed E-state index contributed by atoms with van der Waals surface area (Å²) in [7, 11) is 0. The van der Waals surface area contributed by atoms with E-state index in [0.29, 0.717) is 0 Å². The van der Waals surface area contributed by atoms with Crippen LogP contribution >= 0.6 is 11.8 Å². The van der Waals surface area contributed by atoms with Gasteiger partial charge < -0.3 is 0 Å². The molecular weight excluding hydrogens is 104 g/mol. The molecule has 41 valence electrons. The Morgan fingerprint density at radius 2 is 2.43 bits per heavy atom. The van der Waals surface area contributed by atoms with Gasteiger partial charge in [0.25, 0.3) is 0 Å². The second-order valence-corrected chi connectivity index (χ2v) is 3.18. The zero-order chi connectivity index (χ0) is 5.11. The van der Waals surface area contributed by atoms with E-state index in [1.165, 1.54) is 19.3 Å². The second kappa shape index (κ2) is 2.61. The van der Waals surface area contributed by atoms with Crippen LogP contribution in [0.4, 0.5) is 0 Å². The van der Waals surface area contributed by atoms with E-state index >= 15 is 0 Å². The fraction of sp³-hybridized carbons (Fsp3) is 0.833. The van der Waals surface area contributed by atoms with Crippen LogP contribution in [0.25, 0.3) is 0 Å². The first-order valence-electron chi connectivity index (χ1n) is 2.90. The minimum absolute atomic E-state index is 1.01. The molecular formula is C6H11S. The SMILES string of the molecule is CC[CH]SC1CC1. The van der Waals surface area contributed by atoms with Crippen molar-refractivity contribution in [2.75, 3.05) is 0 Å². The zero-order valence-electron chi connectivity index (χ0n) is 4.68. The van der Waals surface area contributed by atoms with Crippen molar-refractivity contribution in [1.82, 2.24) is 0 Å². The minimum atomic E-state index is 1.01. The van der Waals surface area contributed by atoms with Crippen LogP contribution < -0.4 is 0 Å². The van der Waals surface area contributed by atoms with Gasteiger partial charge >= 0.3 is 0 Å². The van der Waals surface area contributed by atoms with Crippen LogP contribution in [0.3, 0.4) is 0 Å². The molecule has 0 nitrogen and oxygen atoms in total. The molecule has 0 unspecified atom stereocenters. The molecule has 0 aromatic rings. The highest BCUT2D eigenvalue weighted by Gasteiger charge is 2.20. The molecule has 1 radical (unpaired) electrons. The monoisotopic (exact) mass is 115 g/mol. The molecule has 0 atom stereocenters. The lowest BCUT2D eigenvalue weighted by atomic mass is 10.6. The second-order valence-electron chi connectivity index (χ2n) is 1.91. The fourth-order valence-electron chi connectivity index (χ4n) is 0.436. The van der Waals surface area contributed by atoms with Gasteiger partial charge in [-0.05, 0) is 19.3 Å². The molecule has 0 heterocycles. The van der Waals surface area contributed by atoms with E-state index in [0.717, 1.165) is 5.25 Å². The van der Waals surface area contributed by atoms with Gasteiger partial charge in [-0.25, -0.2) is 0 Å². The highest BCUT2D eigenvalue weighted by Crippen LogP contribution is 2.35. The van der Waals surface area contributed by atoms with Gasteiger partial charge in [0.1, 0.15) is 0 Å². The summed E-state index contributed by atoms with van der Waals surface area (Å²) in [5, 5.41) is 1.01. The molecule has 0 amide bonds. The van der Waals surface area contributed by atoms with Gasteiger partial charge in [-0.2, -0.15) is 11.8 Å². The maximum absolute atomic E-state index is 2.30. The summed E-state index contributed by atoms with van der Waals surface area (Å²) in [6, 6.07) is 0. The maximum Gasteiger partial charge on any atom is 0.0166 e. The molecule has 1 rings (SSSR count). The molecule has 1 heteroatoms. The van der Waals surface area contributed by atoms with Crippen molar-refractivity contribution < 1.29 is 0 Å². The summed E-state index contributed by atoms with van der Waals surface area (Å²) >= 11 is 2.02. The van der Waals surface area contributed by atoms with E-state index in [1.54, 1.807) is 0 Å². The Morgan fingerprint density at radius 1 is 1.71 bits per heavy atom. The van der Waals surface area contributed by atoms with Crippen LogP contribution in [0.1, 0.15) is 26.2 Å². The van der Waals surface area contributed by atoms with E-state index in [1.807, 2.05) is 11.8 Å². The highest BCUT2D eigenvalue weighted by atomic mass is 32.2. The first kappa shape index (κ1) is 5.49. The van der Waals surface area contributed by atoms with E-state index in [9.17, 15) is 0 Å². The quantitative estimate of drug-likeness (QED) is 0.544. The molecule has 1 aliphatic carbocycles. The predicted molar refractivity (Wildman–Crippen MR) is 35.2 cm³/mol. The van der Waals surface area contributed by atoms with Crippen molar-refractivity contribution in [3.05, 3.63) is 5.75 Å². The Labute approximate surface area is 49.7 Å². The molecule has 0 spiro atoms. The van der Waals surface area contributed by atoms with Crippen molar-refractivity contribution in [3.63, 3.8) is 0 Å². The molecule has 1 aliphatic rings. The lowest BCUT2D eigenvalue weighted by Gasteiger charge is -1.88. The summed E-state index contributed by atoms with van der Waals surface area (Å²) < 4.78 is 0. The van der Waals surface area contributed by atoms with Crippen LogP contribution in [-0.4, -0.2) is 5.25 Å². The third-order valence-electron chi connectivity index (χ3n) is 0.980. The van der Waals surface area contributed by atoms with Crippen molar-refractivity contribution in [2.24, 2.45) is 0 Å². The van der Waals surface area contributed by atoms with E-state index in [4.69, 9.17) is 0 Å². The van der Waals surface area contributed by atoms with Crippen LogP contribution in [0.5, 0.6) is 0 Å². The Balaban J connectivity index is 1.80. The van der Waals surface area contributed by atoms with Gasteiger partial charge in [0.2, 0.25) is 0 Å². The highest BCUT2D eigenvalue weighted by molar-refractivity contribution is 8.02. The predicted octanol–water partition coefficient (Wildman–Crippen LogP) is 2.45. The first-order valence-corrected chi connectivity index (χ1v) is 3.85. The third kappa shape index (κ3) is 2.22. The molecule has 0 aromatic heterocycles. The lowest BCUT2D eigenvalue weighted by molar-refractivity contribution is 1.20. The molecule has 0 N–H and O–H groups in total. The van der Waals surface area contributed by atoms with Crippen LogP contribution in [0, 0.1) is 5.75 Å². The maximum atomic E-state index is 2.30. The normalized spacial score (nSPS) is 20.1. The number of rotatable bonds is 3. The van der Waals surface area contributed by atoms with Crippen LogP contribution in [0.2, 0.25) is 0 Å². The summed E-state index contributed by atoms with van der Waals surface area (Å²) in [4.78, 5) is 0. The van der Waals surface area contributed by atoms with Crippen molar-refractivity contribution in [2.45, 2.75) is 31.4 Å². The van der Waals surface area contributed by atoms with E-state index < -0.39 is 0 Å². The Bertz CT molecular complexity index is 48.1. The van der Waals surface area contributed by atoms with Gasteiger partial charge in [-0.15, -0.1) is 0 Å². The van der Waals surface area contributed by atoms with Crippen LogP contribution in [-0.2, 0) is 0 Å². The molecule has 0 bridgehead atoms. The first-order chi connectivity index (χ1) is 3.43. The molecule has 7 heavy (non-hydrogen) atoms. The van der Waals surface area contributed by atoms with Crippen LogP contribution in [0.15, 0.2) is 0 Å². The summed E-state index contributed by atoms with van der Waals surface area (Å²) in [6.07, 6.45) is 4.14. The standard InChI is InChI=1S/C6H11S/c1-2-5-7-6-3-4-6/h5-6H,2-4H2,1H3. The number of hydrogen-bond donors (Lipinski definition) is 0. The zero-order valence-corrected chi connectivity index (χ0v) is 5.50. The topological polar surface area (TPSA) is 0 Å². The average molecular weight is 115 g/mol. The summed E-state index contributed by atoms with van der Waals surface area (Å²) in [5.74, 6) is 2.30. The Kier molecular flexibility index (Phi) is 2.04. The molecule has 0 saturated heterocycles. The van der Waals surface area contributed by atoms with Gasteiger partial charge in [0, 0.05) is 11.0 Å². The Morgan fingerprint density at radius 3 is 2.86 bits per heavy atom. The fourth-order valence-corrected chi connectivity index (χ4v) is 1.31. The lowest BCUT2D eigenvalue weighted by Crippen LogP contribution is -1.68. The molecule has 1 saturated carbocycles. The van der Waals surface area contributed by atoms with E-state index in [-0.39, 0.29) is 0 Å². The van der Waals surface area contributed by atoms with Gasteiger partial charge in [-0.3, -0.25) is 0 Å². The molecule has 1 fully saturated rings. The average Bonchev–Trinajstić information content (AvgIpc) is 2.42. The van der Waals surface area contributed by atoms with Crippen molar-refractivity contribution >= 4 is 11.8 Å². The summed E-state index contributed by atoms with van der Waals surface area (Å²) in [5.41, 5.74) is 0. The molecule has 0 aromatic carbocycles. The molecule has 0 aliphatic heterocycles. The van der Waals surface area contributed by atoms with E-state index in [2.05, 4.69) is 12.7 Å². The number of hydrogen-bond acceptors (Lipinski definition) is 1. The van der Waals surface area contributed by atoms with Crippen molar-refractivity contribution in [1.29, 1.82) is 0 Å².